The molecule has 0 spiro atoms. The van der Waals surface area contributed by atoms with Crippen molar-refractivity contribution in [1.29, 1.82) is 0 Å². The van der Waals surface area contributed by atoms with Gasteiger partial charge in [0.1, 0.15) is 11.5 Å². The number of nitrogens with one attached hydrogen (secondary N) is 2. The van der Waals surface area contributed by atoms with Crippen molar-refractivity contribution in [2.24, 2.45) is 12.5 Å². The molecule has 2 aromatic heterocycles. The van der Waals surface area contributed by atoms with Crippen molar-refractivity contribution in [1.82, 2.24) is 19.7 Å². The standard InChI is InChI=1S/C19H29N5O/c1-19(2,3)13-14-12-17(23(4)22-14)21-18(25)16-6-5-11-24(16)15-7-9-20-10-8-15/h5-6,11-12,15,20H,7-10,13H2,1-4H3,(H,21,25). The van der Waals surface area contributed by atoms with Crippen LogP contribution in [0.1, 0.15) is 55.8 Å². The third kappa shape index (κ3) is 4.31. The van der Waals surface area contributed by atoms with Crippen molar-refractivity contribution in [2.45, 2.75) is 46.1 Å². The molecule has 1 saturated heterocycles. The molecule has 0 aromatic carbocycles. The highest BCUT2D eigenvalue weighted by Gasteiger charge is 2.21. The number of rotatable bonds is 4. The van der Waals surface area contributed by atoms with Gasteiger partial charge in [-0.05, 0) is 49.9 Å². The highest BCUT2D eigenvalue weighted by Crippen LogP contribution is 2.24. The van der Waals surface area contributed by atoms with Gasteiger partial charge in [-0.2, -0.15) is 5.10 Å². The second-order valence-corrected chi connectivity index (χ2v) is 8.12. The molecule has 1 aliphatic rings. The molecule has 2 aromatic rings. The average molecular weight is 343 g/mol. The second-order valence-electron chi connectivity index (χ2n) is 8.12. The largest absolute Gasteiger partial charge is 0.340 e. The minimum atomic E-state index is -0.0751. The summed E-state index contributed by atoms with van der Waals surface area (Å²) >= 11 is 0. The summed E-state index contributed by atoms with van der Waals surface area (Å²) in [6, 6.07) is 6.20. The SMILES string of the molecule is Cn1nc(CC(C)(C)C)cc1NC(=O)c1cccn1C1CCNCC1. The summed E-state index contributed by atoms with van der Waals surface area (Å²) in [5.74, 6) is 0.663. The highest BCUT2D eigenvalue weighted by molar-refractivity contribution is 6.02. The van der Waals surface area contributed by atoms with Crippen molar-refractivity contribution in [3.63, 3.8) is 0 Å². The Morgan fingerprint density at radius 1 is 1.36 bits per heavy atom. The molecule has 1 aliphatic heterocycles. The van der Waals surface area contributed by atoms with E-state index in [0.717, 1.165) is 43.9 Å². The van der Waals surface area contributed by atoms with E-state index in [0.29, 0.717) is 11.7 Å². The van der Waals surface area contributed by atoms with Gasteiger partial charge in [0.15, 0.2) is 0 Å². The molecule has 0 aliphatic carbocycles. The number of anilines is 1. The Morgan fingerprint density at radius 3 is 2.76 bits per heavy atom. The van der Waals surface area contributed by atoms with Gasteiger partial charge in [-0.3, -0.25) is 9.48 Å². The minimum Gasteiger partial charge on any atom is -0.340 e. The molecule has 1 fully saturated rings. The molecule has 0 saturated carbocycles. The maximum absolute atomic E-state index is 12.8. The smallest absolute Gasteiger partial charge is 0.273 e. The molecule has 6 heteroatoms. The third-order valence-electron chi connectivity index (χ3n) is 4.60. The molecule has 0 unspecified atom stereocenters. The predicted octanol–water partition coefficient (Wildman–Crippen LogP) is 2.99. The molecule has 0 atom stereocenters. The van der Waals surface area contributed by atoms with E-state index in [4.69, 9.17) is 0 Å². The van der Waals surface area contributed by atoms with E-state index in [2.05, 4.69) is 41.1 Å². The van der Waals surface area contributed by atoms with Crippen molar-refractivity contribution >= 4 is 11.7 Å². The zero-order valence-corrected chi connectivity index (χ0v) is 15.7. The number of hydrogen-bond donors (Lipinski definition) is 2. The molecule has 1 amide bonds. The van der Waals surface area contributed by atoms with Crippen LogP contribution in [0, 0.1) is 5.41 Å². The van der Waals surface area contributed by atoms with Crippen LogP contribution in [0.25, 0.3) is 0 Å². The molecule has 0 bridgehead atoms. The topological polar surface area (TPSA) is 63.9 Å². The lowest BCUT2D eigenvalue weighted by atomic mass is 9.91. The molecular weight excluding hydrogens is 314 g/mol. The summed E-state index contributed by atoms with van der Waals surface area (Å²) in [6.45, 7) is 8.56. The molecule has 25 heavy (non-hydrogen) atoms. The van der Waals surface area contributed by atoms with E-state index in [-0.39, 0.29) is 11.3 Å². The first-order chi connectivity index (χ1) is 11.8. The molecular formula is C19H29N5O. The number of amides is 1. The Balaban J connectivity index is 1.74. The number of aryl methyl sites for hydroxylation is 1. The number of carbonyl (C=O) groups excluding carboxylic acids is 1. The van der Waals surface area contributed by atoms with Gasteiger partial charge >= 0.3 is 0 Å². The van der Waals surface area contributed by atoms with Gasteiger partial charge in [0, 0.05) is 25.4 Å². The average Bonchev–Trinajstić information content (AvgIpc) is 3.14. The van der Waals surface area contributed by atoms with Gasteiger partial charge in [0.05, 0.1) is 5.69 Å². The van der Waals surface area contributed by atoms with Crippen molar-refractivity contribution < 1.29 is 4.79 Å². The predicted molar refractivity (Wildman–Crippen MR) is 99.9 cm³/mol. The van der Waals surface area contributed by atoms with Gasteiger partial charge in [-0.15, -0.1) is 0 Å². The minimum absolute atomic E-state index is 0.0751. The Kier molecular flexibility index (Phi) is 4.99. The van der Waals surface area contributed by atoms with Crippen LogP contribution in [0.3, 0.4) is 0 Å². The summed E-state index contributed by atoms with van der Waals surface area (Å²) in [4.78, 5) is 12.8. The van der Waals surface area contributed by atoms with Gasteiger partial charge in [0.2, 0.25) is 0 Å². The Labute approximate surface area is 149 Å². The molecule has 6 nitrogen and oxygen atoms in total. The lowest BCUT2D eigenvalue weighted by Crippen LogP contribution is -2.31. The second kappa shape index (κ2) is 7.04. The van der Waals surface area contributed by atoms with E-state index in [9.17, 15) is 4.79 Å². The van der Waals surface area contributed by atoms with Gasteiger partial charge in [-0.1, -0.05) is 20.8 Å². The van der Waals surface area contributed by atoms with E-state index >= 15 is 0 Å². The zero-order chi connectivity index (χ0) is 18.0. The fourth-order valence-corrected chi connectivity index (χ4v) is 3.44. The quantitative estimate of drug-likeness (QED) is 0.897. The lowest BCUT2D eigenvalue weighted by Gasteiger charge is -2.25. The van der Waals surface area contributed by atoms with Crippen LogP contribution in [0.4, 0.5) is 5.82 Å². The van der Waals surface area contributed by atoms with Crippen molar-refractivity contribution in [3.8, 4) is 0 Å². The van der Waals surface area contributed by atoms with Crippen LogP contribution >= 0.6 is 0 Å². The zero-order valence-electron chi connectivity index (χ0n) is 15.7. The normalized spacial score (nSPS) is 16.2. The molecule has 0 radical (unpaired) electrons. The summed E-state index contributed by atoms with van der Waals surface area (Å²) in [5.41, 5.74) is 1.88. The number of hydrogen-bond acceptors (Lipinski definition) is 3. The lowest BCUT2D eigenvalue weighted by molar-refractivity contribution is 0.101. The van der Waals surface area contributed by atoms with Gasteiger partial charge < -0.3 is 15.2 Å². The summed E-state index contributed by atoms with van der Waals surface area (Å²) in [5, 5.41) is 10.9. The molecule has 3 heterocycles. The molecule has 3 rings (SSSR count). The van der Waals surface area contributed by atoms with E-state index in [1.807, 2.05) is 31.4 Å². The maximum Gasteiger partial charge on any atom is 0.273 e. The van der Waals surface area contributed by atoms with Crippen LogP contribution in [-0.4, -0.2) is 33.3 Å². The fraction of sp³-hybridized carbons (Fsp3) is 0.579. The van der Waals surface area contributed by atoms with E-state index in [1.54, 1.807) is 4.68 Å². The fourth-order valence-electron chi connectivity index (χ4n) is 3.44. The number of piperidine rings is 1. The van der Waals surface area contributed by atoms with Crippen LogP contribution < -0.4 is 10.6 Å². The highest BCUT2D eigenvalue weighted by atomic mass is 16.2. The maximum atomic E-state index is 12.8. The van der Waals surface area contributed by atoms with Gasteiger partial charge in [0.25, 0.3) is 5.91 Å². The van der Waals surface area contributed by atoms with E-state index < -0.39 is 0 Å². The van der Waals surface area contributed by atoms with Gasteiger partial charge in [-0.25, -0.2) is 0 Å². The monoisotopic (exact) mass is 343 g/mol. The third-order valence-corrected chi connectivity index (χ3v) is 4.60. The summed E-state index contributed by atoms with van der Waals surface area (Å²) < 4.78 is 3.86. The van der Waals surface area contributed by atoms with Crippen LogP contribution in [0.2, 0.25) is 0 Å². The summed E-state index contributed by atoms with van der Waals surface area (Å²) in [6.07, 6.45) is 4.99. The first kappa shape index (κ1) is 17.7. The Hall–Kier alpha value is -2.08. The number of nitrogens with zero attached hydrogens (tertiary/aromatic N) is 3. The number of carbonyl (C=O) groups is 1. The summed E-state index contributed by atoms with van der Waals surface area (Å²) in [7, 11) is 1.87. The first-order valence-corrected chi connectivity index (χ1v) is 9.05. The van der Waals surface area contributed by atoms with Crippen molar-refractivity contribution in [3.05, 3.63) is 35.8 Å². The van der Waals surface area contributed by atoms with Crippen LogP contribution in [0.15, 0.2) is 24.4 Å². The molecule has 136 valence electrons. The first-order valence-electron chi connectivity index (χ1n) is 9.05. The van der Waals surface area contributed by atoms with Crippen LogP contribution in [-0.2, 0) is 13.5 Å². The van der Waals surface area contributed by atoms with E-state index in [1.165, 1.54) is 0 Å². The Morgan fingerprint density at radius 2 is 2.08 bits per heavy atom. The van der Waals surface area contributed by atoms with Crippen molar-refractivity contribution in [2.75, 3.05) is 18.4 Å². The van der Waals surface area contributed by atoms with Crippen LogP contribution in [0.5, 0.6) is 0 Å². The molecule has 2 N–H and O–H groups in total. The Bertz CT molecular complexity index is 731. The number of aromatic nitrogens is 3.